The second kappa shape index (κ2) is 6.53. The van der Waals surface area contributed by atoms with Gasteiger partial charge in [-0.15, -0.1) is 11.8 Å². The third-order valence-corrected chi connectivity index (χ3v) is 3.87. The zero-order valence-corrected chi connectivity index (χ0v) is 11.3. The summed E-state index contributed by atoms with van der Waals surface area (Å²) in [5, 5.41) is 20.7. The van der Waals surface area contributed by atoms with Gasteiger partial charge in [0, 0.05) is 11.3 Å². The fraction of sp³-hybridized carbons (Fsp3) is 0.308. The van der Waals surface area contributed by atoms with Crippen LogP contribution in [0.4, 0.5) is 0 Å². The lowest BCUT2D eigenvalue weighted by atomic mass is 10.2. The molecule has 0 aromatic heterocycles. The number of aliphatic carboxylic acids is 1. The summed E-state index contributed by atoms with van der Waals surface area (Å²) in [5.74, 6) is -1.28. The Morgan fingerprint density at radius 1 is 1.40 bits per heavy atom. The van der Waals surface area contributed by atoms with Gasteiger partial charge in [-0.2, -0.15) is 0 Å². The molecular weight excluding hydrogens is 280 g/mol. The fourth-order valence-corrected chi connectivity index (χ4v) is 2.75. The molecule has 1 amide bonds. The lowest BCUT2D eigenvalue weighted by Gasteiger charge is -2.13. The van der Waals surface area contributed by atoms with Crippen molar-refractivity contribution in [2.24, 2.45) is 4.99 Å². The Hall–Kier alpha value is -1.86. The molecule has 1 aromatic carbocycles. The number of carbonyl (C=O) groups excluding carboxylic acids is 1. The summed E-state index contributed by atoms with van der Waals surface area (Å²) < 4.78 is 0. The van der Waals surface area contributed by atoms with Crippen molar-refractivity contribution in [1.29, 1.82) is 0 Å². The Kier molecular flexibility index (Phi) is 4.75. The van der Waals surface area contributed by atoms with E-state index in [1.807, 2.05) is 30.3 Å². The molecule has 0 aliphatic carbocycles. The van der Waals surface area contributed by atoms with Crippen molar-refractivity contribution >= 4 is 28.7 Å². The molecule has 6 nitrogen and oxygen atoms in total. The molecule has 3 N–H and O–H groups in total. The zero-order chi connectivity index (χ0) is 14.5. The van der Waals surface area contributed by atoms with E-state index in [0.717, 1.165) is 10.6 Å². The topological polar surface area (TPSA) is 99.0 Å². The largest absolute Gasteiger partial charge is 0.480 e. The third kappa shape index (κ3) is 3.37. The van der Waals surface area contributed by atoms with Crippen LogP contribution in [0.3, 0.4) is 0 Å². The van der Waals surface area contributed by atoms with Gasteiger partial charge in [0.1, 0.15) is 12.1 Å². The van der Waals surface area contributed by atoms with Gasteiger partial charge in [-0.25, -0.2) is 4.79 Å². The van der Waals surface area contributed by atoms with Gasteiger partial charge in [0.2, 0.25) is 5.91 Å². The first kappa shape index (κ1) is 14.5. The van der Waals surface area contributed by atoms with Crippen LogP contribution in [-0.2, 0) is 9.59 Å². The van der Waals surface area contributed by atoms with Crippen molar-refractivity contribution in [3.8, 4) is 0 Å². The fourth-order valence-electron chi connectivity index (χ4n) is 1.70. The molecule has 0 radical (unpaired) electrons. The Morgan fingerprint density at radius 3 is 2.70 bits per heavy atom. The first-order valence-corrected chi connectivity index (χ1v) is 7.00. The van der Waals surface area contributed by atoms with Gasteiger partial charge in [0.25, 0.3) is 0 Å². The summed E-state index contributed by atoms with van der Waals surface area (Å²) in [5.41, 5.74) is 0.935. The molecule has 2 rings (SSSR count). The number of thioether (sulfide) groups is 1. The highest BCUT2D eigenvalue weighted by molar-refractivity contribution is 8.14. The quantitative estimate of drug-likeness (QED) is 0.716. The molecule has 0 bridgehead atoms. The monoisotopic (exact) mass is 294 g/mol. The lowest BCUT2D eigenvalue weighted by Crippen LogP contribution is -2.47. The molecule has 1 heterocycles. The van der Waals surface area contributed by atoms with E-state index in [4.69, 9.17) is 10.2 Å². The van der Waals surface area contributed by atoms with E-state index in [9.17, 15) is 9.59 Å². The average Bonchev–Trinajstić information content (AvgIpc) is 2.95. The van der Waals surface area contributed by atoms with E-state index in [0.29, 0.717) is 5.75 Å². The molecule has 0 fully saturated rings. The van der Waals surface area contributed by atoms with Crippen LogP contribution >= 0.6 is 11.8 Å². The SMILES string of the molecule is O=C(N[C@@H](CO)C(=O)O)C1CSC(c2ccccc2)=N1. The molecule has 0 saturated carbocycles. The predicted molar refractivity (Wildman–Crippen MR) is 75.9 cm³/mol. The number of amides is 1. The van der Waals surface area contributed by atoms with Gasteiger partial charge in [0.05, 0.1) is 11.7 Å². The van der Waals surface area contributed by atoms with Crippen LogP contribution in [-0.4, -0.2) is 51.6 Å². The van der Waals surface area contributed by atoms with Gasteiger partial charge in [0.15, 0.2) is 0 Å². The van der Waals surface area contributed by atoms with Crippen LogP contribution < -0.4 is 5.32 Å². The number of benzene rings is 1. The summed E-state index contributed by atoms with van der Waals surface area (Å²) in [6.45, 7) is -0.643. The number of nitrogens with zero attached hydrogens (tertiary/aromatic N) is 1. The number of carbonyl (C=O) groups is 2. The Balaban J connectivity index is 2.03. The van der Waals surface area contributed by atoms with E-state index in [1.54, 1.807) is 0 Å². The van der Waals surface area contributed by atoms with Crippen LogP contribution in [0, 0.1) is 0 Å². The maximum absolute atomic E-state index is 11.9. The summed E-state index contributed by atoms with van der Waals surface area (Å²) >= 11 is 1.45. The number of carboxylic acid groups (broad SMARTS) is 1. The standard InChI is InChI=1S/C13H14N2O4S/c16-6-9(13(18)19)14-11(17)10-7-20-12(15-10)8-4-2-1-3-5-8/h1-5,9-10,16H,6-7H2,(H,14,17)(H,18,19)/t9-,10?/m0/s1. The number of aliphatic hydroxyl groups is 1. The van der Waals surface area contributed by atoms with Gasteiger partial charge in [-0.05, 0) is 0 Å². The number of nitrogens with one attached hydrogen (secondary N) is 1. The second-order valence-electron chi connectivity index (χ2n) is 4.21. The summed E-state index contributed by atoms with van der Waals surface area (Å²) in [4.78, 5) is 26.9. The Bertz CT molecular complexity index is 532. The van der Waals surface area contributed by atoms with Crippen molar-refractivity contribution in [2.45, 2.75) is 12.1 Å². The van der Waals surface area contributed by atoms with Crippen LogP contribution in [0.25, 0.3) is 0 Å². The van der Waals surface area contributed by atoms with Crippen LogP contribution in [0.15, 0.2) is 35.3 Å². The molecule has 2 atom stereocenters. The first-order chi connectivity index (χ1) is 9.61. The minimum atomic E-state index is -1.29. The maximum atomic E-state index is 11.9. The van der Waals surface area contributed by atoms with E-state index >= 15 is 0 Å². The van der Waals surface area contributed by atoms with Crippen LogP contribution in [0.1, 0.15) is 5.56 Å². The van der Waals surface area contributed by atoms with Crippen molar-refractivity contribution in [2.75, 3.05) is 12.4 Å². The smallest absolute Gasteiger partial charge is 0.328 e. The van der Waals surface area contributed by atoms with Crippen molar-refractivity contribution in [1.82, 2.24) is 5.32 Å². The molecular formula is C13H14N2O4S. The van der Waals surface area contributed by atoms with Gasteiger partial charge in [-0.1, -0.05) is 30.3 Å². The molecule has 20 heavy (non-hydrogen) atoms. The van der Waals surface area contributed by atoms with Gasteiger partial charge < -0.3 is 15.5 Å². The van der Waals surface area contributed by atoms with Crippen LogP contribution in [0.5, 0.6) is 0 Å². The van der Waals surface area contributed by atoms with Gasteiger partial charge >= 0.3 is 5.97 Å². The molecule has 1 aliphatic heterocycles. The molecule has 1 unspecified atom stereocenters. The number of aliphatic imine (C=N–C) groups is 1. The highest BCUT2D eigenvalue weighted by atomic mass is 32.2. The molecule has 7 heteroatoms. The number of carboxylic acids is 1. The van der Waals surface area contributed by atoms with Gasteiger partial charge in [-0.3, -0.25) is 9.79 Å². The van der Waals surface area contributed by atoms with Crippen molar-refractivity contribution in [3.63, 3.8) is 0 Å². The molecule has 106 valence electrons. The zero-order valence-electron chi connectivity index (χ0n) is 10.5. The summed E-state index contributed by atoms with van der Waals surface area (Å²) in [7, 11) is 0. The van der Waals surface area contributed by atoms with Crippen molar-refractivity contribution < 1.29 is 19.8 Å². The number of hydrogen-bond acceptors (Lipinski definition) is 5. The van der Waals surface area contributed by atoms with E-state index < -0.39 is 30.6 Å². The van der Waals surface area contributed by atoms with E-state index in [-0.39, 0.29) is 0 Å². The normalized spacial score (nSPS) is 19.2. The second-order valence-corrected chi connectivity index (χ2v) is 5.22. The van der Waals surface area contributed by atoms with E-state index in [1.165, 1.54) is 11.8 Å². The summed E-state index contributed by atoms with van der Waals surface area (Å²) in [6.07, 6.45) is 0. The minimum Gasteiger partial charge on any atom is -0.480 e. The number of rotatable bonds is 5. The number of hydrogen-bond donors (Lipinski definition) is 3. The molecule has 1 aromatic rings. The van der Waals surface area contributed by atoms with Crippen molar-refractivity contribution in [3.05, 3.63) is 35.9 Å². The summed E-state index contributed by atoms with van der Waals surface area (Å²) in [6, 6.07) is 7.56. The molecule has 0 spiro atoms. The van der Waals surface area contributed by atoms with Crippen LogP contribution in [0.2, 0.25) is 0 Å². The lowest BCUT2D eigenvalue weighted by molar-refractivity contribution is -0.143. The molecule has 0 saturated heterocycles. The number of aliphatic hydroxyl groups excluding tert-OH is 1. The maximum Gasteiger partial charge on any atom is 0.328 e. The third-order valence-electron chi connectivity index (χ3n) is 2.77. The highest BCUT2D eigenvalue weighted by Crippen LogP contribution is 2.23. The first-order valence-electron chi connectivity index (χ1n) is 6.02. The predicted octanol–water partition coefficient (Wildman–Crippen LogP) is 0.110. The van der Waals surface area contributed by atoms with E-state index in [2.05, 4.69) is 10.3 Å². The minimum absolute atomic E-state index is 0.466. The highest BCUT2D eigenvalue weighted by Gasteiger charge is 2.28. The Morgan fingerprint density at radius 2 is 2.10 bits per heavy atom. The Labute approximate surface area is 119 Å². The average molecular weight is 294 g/mol. The molecule has 1 aliphatic rings.